The molecule has 1 aromatic heterocycles. The third-order valence-corrected chi connectivity index (χ3v) is 12.3. The van der Waals surface area contributed by atoms with Crippen molar-refractivity contribution in [3.8, 4) is 11.6 Å². The van der Waals surface area contributed by atoms with E-state index >= 15 is 0 Å². The number of nitrogens with zero attached hydrogens (tertiary/aromatic N) is 2. The van der Waals surface area contributed by atoms with Crippen LogP contribution in [0.5, 0.6) is 11.6 Å². The number of benzene rings is 1. The molecule has 4 aliphatic rings. The molecule has 7 atom stereocenters. The Kier molecular flexibility index (Phi) is 9.98. The molecule has 4 amide bonds. The fourth-order valence-electron chi connectivity index (χ4n) is 7.36. The molecule has 0 spiro atoms. The normalized spacial score (nSPS) is 30.3. The van der Waals surface area contributed by atoms with Gasteiger partial charge in [-0.25, -0.2) is 18.2 Å². The lowest BCUT2D eigenvalue weighted by atomic mass is 9.85. The van der Waals surface area contributed by atoms with E-state index in [1.54, 1.807) is 25.4 Å². The largest absolute Gasteiger partial charge is 0.497 e. The van der Waals surface area contributed by atoms with Crippen LogP contribution in [0.4, 0.5) is 4.79 Å². The first-order valence-electron chi connectivity index (χ1n) is 17.3. The molecule has 2 aliphatic heterocycles. The summed E-state index contributed by atoms with van der Waals surface area (Å²) in [6.45, 7) is 3.91. The van der Waals surface area contributed by atoms with E-state index in [4.69, 9.17) is 9.47 Å². The van der Waals surface area contributed by atoms with Gasteiger partial charge in [0.1, 0.15) is 29.5 Å². The van der Waals surface area contributed by atoms with E-state index in [-0.39, 0.29) is 31.2 Å². The number of ether oxygens (including phenoxy) is 2. The number of amides is 4. The van der Waals surface area contributed by atoms with Crippen molar-refractivity contribution in [1.29, 1.82) is 0 Å². The number of allylic oxidation sites excluding steroid dienone is 1. The molecule has 3 fully saturated rings. The number of hydrogen-bond acceptors (Lipinski definition) is 9. The van der Waals surface area contributed by atoms with Gasteiger partial charge in [-0.2, -0.15) is 0 Å². The van der Waals surface area contributed by atoms with Crippen molar-refractivity contribution >= 4 is 44.6 Å². The van der Waals surface area contributed by atoms with Gasteiger partial charge in [0, 0.05) is 23.9 Å². The number of fused-ring (bicyclic) bond motifs is 3. The van der Waals surface area contributed by atoms with Crippen molar-refractivity contribution in [2.24, 2.45) is 17.8 Å². The van der Waals surface area contributed by atoms with Crippen LogP contribution < -0.4 is 24.8 Å². The fraction of sp³-hybridized carbons (Fsp3) is 0.571. The Morgan fingerprint density at radius 2 is 1.94 bits per heavy atom. The third-order valence-electron chi connectivity index (χ3n) is 10.5. The number of rotatable bonds is 8. The zero-order valence-corrected chi connectivity index (χ0v) is 29.3. The van der Waals surface area contributed by atoms with Crippen LogP contribution >= 0.6 is 0 Å². The van der Waals surface area contributed by atoms with Crippen molar-refractivity contribution in [3.63, 3.8) is 0 Å². The van der Waals surface area contributed by atoms with E-state index in [0.29, 0.717) is 49.1 Å². The Morgan fingerprint density at radius 3 is 2.64 bits per heavy atom. The van der Waals surface area contributed by atoms with Crippen molar-refractivity contribution in [2.45, 2.75) is 94.2 Å². The summed E-state index contributed by atoms with van der Waals surface area (Å²) < 4.78 is 39.5. The number of pyridine rings is 1. The molecular weight excluding hydrogens is 666 g/mol. The van der Waals surface area contributed by atoms with Gasteiger partial charge < -0.3 is 30.1 Å². The third kappa shape index (κ3) is 7.37. The van der Waals surface area contributed by atoms with Crippen molar-refractivity contribution < 1.29 is 42.2 Å². The monoisotopic (exact) mass is 711 g/mol. The molecule has 0 unspecified atom stereocenters. The summed E-state index contributed by atoms with van der Waals surface area (Å²) in [6.07, 6.45) is 6.97. The summed E-state index contributed by atoms with van der Waals surface area (Å²) in [4.78, 5) is 60.2. The van der Waals surface area contributed by atoms with E-state index in [1.807, 2.05) is 31.2 Å². The number of carbonyl (C=O) groups excluding carboxylic acids is 3. The zero-order chi connectivity index (χ0) is 35.8. The van der Waals surface area contributed by atoms with Gasteiger partial charge in [-0.15, -0.1) is 0 Å². The minimum atomic E-state index is -3.90. The summed E-state index contributed by atoms with van der Waals surface area (Å²) in [7, 11) is -2.33. The molecule has 4 N–H and O–H groups in total. The molecule has 1 aromatic carbocycles. The predicted octanol–water partition coefficient (Wildman–Crippen LogP) is 3.11. The summed E-state index contributed by atoms with van der Waals surface area (Å²) in [5.74, 6) is -1.74. The number of carboxylic acid groups (broad SMARTS) is 1. The van der Waals surface area contributed by atoms with Gasteiger partial charge in [-0.05, 0) is 80.0 Å². The number of methoxy groups -OCH3 is 1. The molecule has 1 saturated heterocycles. The average molecular weight is 712 g/mol. The summed E-state index contributed by atoms with van der Waals surface area (Å²) in [5.41, 5.74) is -1.52. The molecule has 50 heavy (non-hydrogen) atoms. The van der Waals surface area contributed by atoms with Crippen LogP contribution in [0.25, 0.3) is 10.8 Å². The maximum Gasteiger partial charge on any atom is 0.405 e. The number of aromatic nitrogens is 1. The first kappa shape index (κ1) is 35.4. The molecule has 270 valence electrons. The highest BCUT2D eigenvalue weighted by Gasteiger charge is 2.62. The van der Waals surface area contributed by atoms with Crippen LogP contribution in [-0.4, -0.2) is 89.9 Å². The summed E-state index contributed by atoms with van der Waals surface area (Å²) in [5, 5.41) is 16.0. The van der Waals surface area contributed by atoms with E-state index in [1.165, 1.54) is 4.90 Å². The molecule has 2 saturated carbocycles. The van der Waals surface area contributed by atoms with Crippen LogP contribution in [0.2, 0.25) is 0 Å². The molecule has 15 heteroatoms. The second-order valence-corrected chi connectivity index (χ2v) is 16.0. The minimum absolute atomic E-state index is 0.0252. The van der Waals surface area contributed by atoms with Crippen LogP contribution in [0.15, 0.2) is 42.6 Å². The summed E-state index contributed by atoms with van der Waals surface area (Å²) >= 11 is 0. The Balaban J connectivity index is 1.34. The zero-order valence-electron chi connectivity index (χ0n) is 28.5. The lowest BCUT2D eigenvalue weighted by Gasteiger charge is -2.33. The Hall–Kier alpha value is -4.40. The van der Waals surface area contributed by atoms with Crippen molar-refractivity contribution in [1.82, 2.24) is 25.2 Å². The fourth-order valence-corrected chi connectivity index (χ4v) is 8.72. The van der Waals surface area contributed by atoms with E-state index in [0.717, 1.165) is 11.8 Å². The van der Waals surface area contributed by atoms with E-state index in [9.17, 15) is 32.7 Å². The predicted molar refractivity (Wildman–Crippen MR) is 183 cm³/mol. The lowest BCUT2D eigenvalue weighted by molar-refractivity contribution is -0.142. The molecule has 0 radical (unpaired) electrons. The topological polar surface area (TPSA) is 193 Å². The average Bonchev–Trinajstić information content (AvgIpc) is 4.01. The van der Waals surface area contributed by atoms with Gasteiger partial charge in [0.05, 0.1) is 18.9 Å². The first-order chi connectivity index (χ1) is 23.8. The molecule has 14 nitrogen and oxygen atoms in total. The number of carbonyl (C=O) groups is 4. The first-order valence-corrected chi connectivity index (χ1v) is 18.8. The van der Waals surface area contributed by atoms with Gasteiger partial charge in [0.25, 0.3) is 5.91 Å². The highest BCUT2D eigenvalue weighted by atomic mass is 32.2. The van der Waals surface area contributed by atoms with E-state index < -0.39 is 68.7 Å². The number of sulfonamides is 1. The Bertz CT molecular complexity index is 1800. The Labute approximate surface area is 291 Å². The Morgan fingerprint density at radius 1 is 1.16 bits per heavy atom. The van der Waals surface area contributed by atoms with Gasteiger partial charge in [0.15, 0.2) is 0 Å². The maximum atomic E-state index is 14.4. The van der Waals surface area contributed by atoms with Crippen molar-refractivity contribution in [2.75, 3.05) is 13.7 Å². The second-order valence-electron chi connectivity index (χ2n) is 14.1. The number of hydrogen-bond donors (Lipinski definition) is 4. The molecule has 3 heterocycles. The highest BCUT2D eigenvalue weighted by Crippen LogP contribution is 2.46. The molecule has 2 aromatic rings. The summed E-state index contributed by atoms with van der Waals surface area (Å²) in [6, 6.07) is 4.95. The van der Waals surface area contributed by atoms with Gasteiger partial charge in [-0.3, -0.25) is 19.1 Å². The van der Waals surface area contributed by atoms with Crippen LogP contribution in [-0.2, 0) is 24.4 Å². The lowest BCUT2D eigenvalue weighted by Crippen LogP contribution is -2.59. The second kappa shape index (κ2) is 14.1. The van der Waals surface area contributed by atoms with Crippen molar-refractivity contribution in [3.05, 3.63) is 42.6 Å². The smallest absolute Gasteiger partial charge is 0.405 e. The maximum absolute atomic E-state index is 14.4. The van der Waals surface area contributed by atoms with Gasteiger partial charge in [-0.1, -0.05) is 32.4 Å². The van der Waals surface area contributed by atoms with Crippen LogP contribution in [0.3, 0.4) is 0 Å². The van der Waals surface area contributed by atoms with E-state index in [2.05, 4.69) is 27.3 Å². The van der Waals surface area contributed by atoms with Gasteiger partial charge >= 0.3 is 6.09 Å². The SMILES string of the molecule is CC[C@@H]1C[C@H](C)CCC=C[C@@H]2C[C@@]2(C(=O)NS(=O)(=O)C2CC2)NC(=O)[C@@H]2C[C@@H](Oc3nccc4cc(OC)ccc34)CN2C(=O)[C@H]1NC(=O)O. The van der Waals surface area contributed by atoms with Gasteiger partial charge in [0.2, 0.25) is 27.7 Å². The molecular formula is C35H45N5O9S. The highest BCUT2D eigenvalue weighted by molar-refractivity contribution is 7.91. The van der Waals surface area contributed by atoms with Crippen LogP contribution in [0, 0.1) is 17.8 Å². The number of nitrogens with one attached hydrogen (secondary N) is 3. The van der Waals surface area contributed by atoms with Crippen LogP contribution in [0.1, 0.15) is 65.2 Å². The minimum Gasteiger partial charge on any atom is -0.497 e. The molecule has 0 bridgehead atoms. The standard InChI is InChI=1S/C35H45N5O9S/c1-4-21-15-20(2)7-5-6-8-23-18-35(23,33(43)39-50(46,47)26-10-11-26)38-30(41)28-17-25(19-40(28)32(42)29(21)37-34(44)45)49-31-27-12-9-24(48-3)16-22(27)13-14-36-31/h6,8-9,12-14,16,20-21,23,25-26,28-29,37H,4-5,7,10-11,15,17-19H2,1-3H3,(H,38,41)(H,39,43)(H,44,45)/t20-,21-,23-,25-,28+,29+,35-/m1/s1. The molecule has 2 aliphatic carbocycles. The quantitative estimate of drug-likeness (QED) is 0.296. The molecule has 6 rings (SSSR count).